The van der Waals surface area contributed by atoms with Gasteiger partial charge in [0.2, 0.25) is 5.91 Å². The summed E-state index contributed by atoms with van der Waals surface area (Å²) >= 11 is 1.80. The fourth-order valence-corrected chi connectivity index (χ4v) is 4.70. The fourth-order valence-electron chi connectivity index (χ4n) is 3.35. The molecule has 0 spiro atoms. The minimum absolute atomic E-state index is 0.0719. The van der Waals surface area contributed by atoms with Crippen molar-refractivity contribution in [3.05, 3.63) is 41.0 Å². The highest BCUT2D eigenvalue weighted by Crippen LogP contribution is 2.40. The number of hydrogen-bond acceptors (Lipinski definition) is 5. The molecule has 1 amide bonds. The van der Waals surface area contributed by atoms with Crippen molar-refractivity contribution in [1.82, 2.24) is 9.97 Å². The van der Waals surface area contributed by atoms with Crippen molar-refractivity contribution in [2.24, 2.45) is 5.92 Å². The number of rotatable bonds is 3. The van der Waals surface area contributed by atoms with Gasteiger partial charge in [0.05, 0.1) is 5.39 Å². The van der Waals surface area contributed by atoms with Crippen LogP contribution in [0.2, 0.25) is 0 Å². The van der Waals surface area contributed by atoms with Crippen LogP contribution in [0.3, 0.4) is 0 Å². The van der Waals surface area contributed by atoms with Crippen LogP contribution in [0, 0.1) is 5.92 Å². The van der Waals surface area contributed by atoms with E-state index in [1.165, 1.54) is 29.2 Å². The van der Waals surface area contributed by atoms with Crippen molar-refractivity contribution in [3.8, 4) is 0 Å². The molecule has 2 aromatic heterocycles. The third-order valence-electron chi connectivity index (χ3n) is 4.56. The van der Waals surface area contributed by atoms with Gasteiger partial charge in [-0.25, -0.2) is 9.97 Å². The van der Waals surface area contributed by atoms with E-state index in [4.69, 9.17) is 0 Å². The molecule has 2 N–H and O–H groups in total. The van der Waals surface area contributed by atoms with E-state index in [1.807, 2.05) is 24.3 Å². The number of nitrogens with zero attached hydrogens (tertiary/aromatic N) is 2. The third kappa shape index (κ3) is 3.22. The van der Waals surface area contributed by atoms with E-state index in [2.05, 4.69) is 27.5 Å². The number of carbonyl (C=O) groups is 1. The van der Waals surface area contributed by atoms with Crippen LogP contribution in [0.5, 0.6) is 0 Å². The molecular formula is C19H20N4OS. The summed E-state index contributed by atoms with van der Waals surface area (Å²) in [6.45, 7) is 3.82. The van der Waals surface area contributed by atoms with Crippen LogP contribution in [-0.2, 0) is 17.6 Å². The van der Waals surface area contributed by atoms with Crippen molar-refractivity contribution >= 4 is 44.7 Å². The number of nitrogens with one attached hydrogen (secondary N) is 2. The van der Waals surface area contributed by atoms with Crippen LogP contribution < -0.4 is 10.6 Å². The highest BCUT2D eigenvalue weighted by Gasteiger charge is 2.23. The normalized spacial score (nSPS) is 16.5. The first-order valence-corrected chi connectivity index (χ1v) is 9.31. The largest absolute Gasteiger partial charge is 0.340 e. The maximum atomic E-state index is 11.1. The second-order valence-electron chi connectivity index (χ2n) is 6.64. The van der Waals surface area contributed by atoms with Crippen molar-refractivity contribution < 1.29 is 4.79 Å². The lowest BCUT2D eigenvalue weighted by molar-refractivity contribution is -0.114. The number of thiophene rings is 1. The highest BCUT2D eigenvalue weighted by molar-refractivity contribution is 7.19. The van der Waals surface area contributed by atoms with Gasteiger partial charge in [-0.15, -0.1) is 11.3 Å². The van der Waals surface area contributed by atoms with Crippen molar-refractivity contribution in [2.75, 3.05) is 10.6 Å². The molecule has 0 radical (unpaired) electrons. The molecule has 3 aromatic rings. The van der Waals surface area contributed by atoms with Gasteiger partial charge in [0, 0.05) is 23.2 Å². The predicted molar refractivity (Wildman–Crippen MR) is 103 cm³/mol. The van der Waals surface area contributed by atoms with Crippen molar-refractivity contribution in [3.63, 3.8) is 0 Å². The quantitative estimate of drug-likeness (QED) is 0.727. The van der Waals surface area contributed by atoms with E-state index in [9.17, 15) is 4.79 Å². The summed E-state index contributed by atoms with van der Waals surface area (Å²) in [7, 11) is 0. The zero-order valence-electron chi connectivity index (χ0n) is 14.3. The van der Waals surface area contributed by atoms with Gasteiger partial charge in [-0.05, 0) is 55.0 Å². The maximum Gasteiger partial charge on any atom is 0.221 e. The van der Waals surface area contributed by atoms with Gasteiger partial charge < -0.3 is 10.6 Å². The zero-order valence-corrected chi connectivity index (χ0v) is 15.1. The Morgan fingerprint density at radius 2 is 1.96 bits per heavy atom. The van der Waals surface area contributed by atoms with Gasteiger partial charge in [0.25, 0.3) is 0 Å². The minimum atomic E-state index is -0.0719. The molecule has 25 heavy (non-hydrogen) atoms. The SMILES string of the molecule is CC(=O)Nc1ccc(Nc2ncnc3sc4c(c23)CC[C@@H](C)C4)cc1. The van der Waals surface area contributed by atoms with E-state index in [1.54, 1.807) is 17.7 Å². The summed E-state index contributed by atoms with van der Waals surface area (Å²) in [5.41, 5.74) is 3.14. The van der Waals surface area contributed by atoms with Gasteiger partial charge in [-0.3, -0.25) is 4.79 Å². The Kier molecular flexibility index (Phi) is 4.13. The van der Waals surface area contributed by atoms with E-state index >= 15 is 0 Å². The molecule has 5 nitrogen and oxygen atoms in total. The van der Waals surface area contributed by atoms with Crippen LogP contribution in [0.15, 0.2) is 30.6 Å². The first kappa shape index (κ1) is 16.0. The number of carbonyl (C=O) groups excluding carboxylic acids is 1. The second kappa shape index (κ2) is 6.44. The molecule has 2 heterocycles. The Balaban J connectivity index is 1.66. The lowest BCUT2D eigenvalue weighted by Crippen LogP contribution is -2.09. The molecular weight excluding hydrogens is 332 g/mol. The van der Waals surface area contributed by atoms with Crippen LogP contribution in [-0.4, -0.2) is 15.9 Å². The molecule has 1 aliphatic carbocycles. The molecule has 0 aliphatic heterocycles. The Bertz CT molecular complexity index is 932. The molecule has 1 aliphatic rings. The van der Waals surface area contributed by atoms with Gasteiger partial charge in [-0.2, -0.15) is 0 Å². The van der Waals surface area contributed by atoms with Crippen LogP contribution >= 0.6 is 11.3 Å². The molecule has 0 bridgehead atoms. The summed E-state index contributed by atoms with van der Waals surface area (Å²) in [5, 5.41) is 7.36. The molecule has 0 saturated carbocycles. The maximum absolute atomic E-state index is 11.1. The molecule has 0 unspecified atom stereocenters. The van der Waals surface area contributed by atoms with Gasteiger partial charge >= 0.3 is 0 Å². The number of fused-ring (bicyclic) bond motifs is 3. The first-order chi connectivity index (χ1) is 12.1. The summed E-state index contributed by atoms with van der Waals surface area (Å²) in [5.74, 6) is 1.54. The van der Waals surface area contributed by atoms with E-state index in [-0.39, 0.29) is 5.91 Å². The van der Waals surface area contributed by atoms with Gasteiger partial charge in [-0.1, -0.05) is 6.92 Å². The zero-order chi connectivity index (χ0) is 17.4. The Morgan fingerprint density at radius 3 is 2.72 bits per heavy atom. The van der Waals surface area contributed by atoms with Crippen LogP contribution in [0.1, 0.15) is 30.7 Å². The second-order valence-corrected chi connectivity index (χ2v) is 7.72. The number of hydrogen-bond donors (Lipinski definition) is 2. The van der Waals surface area contributed by atoms with E-state index in [0.29, 0.717) is 0 Å². The number of anilines is 3. The minimum Gasteiger partial charge on any atom is -0.340 e. The first-order valence-electron chi connectivity index (χ1n) is 8.50. The molecule has 0 fully saturated rings. The Labute approximate surface area is 150 Å². The molecule has 1 aromatic carbocycles. The Hall–Kier alpha value is -2.47. The van der Waals surface area contributed by atoms with Crippen LogP contribution in [0.25, 0.3) is 10.2 Å². The summed E-state index contributed by atoms with van der Waals surface area (Å²) < 4.78 is 0. The average Bonchev–Trinajstić information content (AvgIpc) is 2.94. The number of benzene rings is 1. The summed E-state index contributed by atoms with van der Waals surface area (Å²) in [6.07, 6.45) is 5.08. The van der Waals surface area contributed by atoms with Crippen molar-refractivity contribution in [1.29, 1.82) is 0 Å². The van der Waals surface area contributed by atoms with E-state index in [0.717, 1.165) is 40.8 Å². The summed E-state index contributed by atoms with van der Waals surface area (Å²) in [4.78, 5) is 22.6. The number of aromatic nitrogens is 2. The van der Waals surface area contributed by atoms with Gasteiger partial charge in [0.1, 0.15) is 17.0 Å². The smallest absolute Gasteiger partial charge is 0.221 e. The predicted octanol–water partition coefficient (Wildman–Crippen LogP) is 4.52. The molecule has 0 saturated heterocycles. The monoisotopic (exact) mass is 352 g/mol. The number of amides is 1. The van der Waals surface area contributed by atoms with E-state index < -0.39 is 0 Å². The number of aryl methyl sites for hydroxylation is 1. The standard InChI is InChI=1S/C19H20N4OS/c1-11-3-8-15-16(9-11)25-19-17(15)18(20-10-21-19)23-14-6-4-13(5-7-14)22-12(2)24/h4-7,10-11H,3,8-9H2,1-2H3,(H,22,24)(H,20,21,23)/t11-/m1/s1. The fraction of sp³-hybridized carbons (Fsp3) is 0.316. The summed E-state index contributed by atoms with van der Waals surface area (Å²) in [6, 6.07) is 7.65. The molecule has 4 rings (SSSR count). The topological polar surface area (TPSA) is 66.9 Å². The average molecular weight is 352 g/mol. The lowest BCUT2D eigenvalue weighted by Gasteiger charge is -2.18. The molecule has 128 valence electrons. The molecule has 6 heteroatoms. The molecule has 1 atom stereocenters. The third-order valence-corrected chi connectivity index (χ3v) is 5.72. The van der Waals surface area contributed by atoms with Crippen LogP contribution in [0.4, 0.5) is 17.2 Å². The van der Waals surface area contributed by atoms with Crippen molar-refractivity contribution in [2.45, 2.75) is 33.1 Å². The lowest BCUT2D eigenvalue weighted by atomic mass is 9.89. The Morgan fingerprint density at radius 1 is 1.20 bits per heavy atom. The highest BCUT2D eigenvalue weighted by atomic mass is 32.1. The van der Waals surface area contributed by atoms with Gasteiger partial charge in [0.15, 0.2) is 0 Å².